The van der Waals surface area contributed by atoms with E-state index in [0.717, 1.165) is 10.4 Å². The molecule has 0 saturated heterocycles. The summed E-state index contributed by atoms with van der Waals surface area (Å²) in [6, 6.07) is 1.75. The van der Waals surface area contributed by atoms with E-state index in [1.165, 1.54) is 11.3 Å². The van der Waals surface area contributed by atoms with Crippen molar-refractivity contribution in [2.75, 3.05) is 12.3 Å². The third kappa shape index (κ3) is 2.65. The lowest BCUT2D eigenvalue weighted by Gasteiger charge is -2.07. The highest BCUT2D eigenvalue weighted by atomic mass is 32.1. The Bertz CT molecular complexity index is 608. The number of esters is 1. The summed E-state index contributed by atoms with van der Waals surface area (Å²) in [6.45, 7) is 6.15. The van der Waals surface area contributed by atoms with Crippen molar-refractivity contribution in [3.8, 4) is 10.7 Å². The first kappa shape index (κ1) is 14.5. The molecule has 2 heterocycles. The Labute approximate surface area is 121 Å². The van der Waals surface area contributed by atoms with Crippen LogP contribution in [0, 0.1) is 0 Å². The molecule has 106 valence electrons. The Morgan fingerprint density at radius 3 is 2.60 bits per heavy atom. The second kappa shape index (κ2) is 6.00. The van der Waals surface area contributed by atoms with Gasteiger partial charge in [0.1, 0.15) is 4.88 Å². The van der Waals surface area contributed by atoms with Crippen molar-refractivity contribution in [2.45, 2.75) is 26.7 Å². The monoisotopic (exact) mass is 291 g/mol. The average molecular weight is 291 g/mol. The van der Waals surface area contributed by atoms with Gasteiger partial charge in [-0.1, -0.05) is 13.8 Å². The molecule has 0 aliphatic carbocycles. The normalized spacial score (nSPS) is 10.8. The topological polar surface area (TPSA) is 78.1 Å². The molecule has 2 aromatic rings. The second-order valence-electron chi connectivity index (χ2n) is 4.54. The number of hydrogen-bond acceptors (Lipinski definition) is 6. The number of thiophene rings is 1. The Balaban J connectivity index is 2.57. The average Bonchev–Trinajstić information content (AvgIpc) is 2.78. The highest BCUT2D eigenvalue weighted by Gasteiger charge is 2.25. The molecule has 0 aliphatic heterocycles. The van der Waals surface area contributed by atoms with E-state index in [0.29, 0.717) is 23.0 Å². The molecule has 0 saturated carbocycles. The number of rotatable bonds is 4. The van der Waals surface area contributed by atoms with Crippen LogP contribution in [-0.2, 0) is 4.74 Å². The molecule has 2 N–H and O–H groups in total. The van der Waals surface area contributed by atoms with Gasteiger partial charge < -0.3 is 10.5 Å². The Hall–Kier alpha value is -1.95. The molecular formula is C14H17N3O2S. The molecule has 0 aromatic carbocycles. The number of nitrogens with zero attached hydrogens (tertiary/aromatic N) is 2. The summed E-state index contributed by atoms with van der Waals surface area (Å²) in [5, 5.41) is 0. The van der Waals surface area contributed by atoms with E-state index in [9.17, 15) is 4.79 Å². The van der Waals surface area contributed by atoms with Gasteiger partial charge in [0.2, 0.25) is 0 Å². The molecule has 0 aliphatic rings. The zero-order valence-corrected chi connectivity index (χ0v) is 12.5. The van der Waals surface area contributed by atoms with Gasteiger partial charge in [-0.2, -0.15) is 0 Å². The van der Waals surface area contributed by atoms with E-state index in [2.05, 4.69) is 9.97 Å². The van der Waals surface area contributed by atoms with Crippen LogP contribution in [0.3, 0.4) is 0 Å². The zero-order chi connectivity index (χ0) is 14.7. The number of carbonyl (C=O) groups is 1. The van der Waals surface area contributed by atoms with Gasteiger partial charge in [0.25, 0.3) is 0 Å². The zero-order valence-electron chi connectivity index (χ0n) is 11.7. The summed E-state index contributed by atoms with van der Waals surface area (Å²) in [6.07, 6.45) is 3.35. The Morgan fingerprint density at radius 1 is 1.40 bits per heavy atom. The SMILES string of the molecule is CCOC(=O)c1sc(-c2ncccn2)c(C(C)C)c1N. The van der Waals surface area contributed by atoms with Crippen LogP contribution >= 0.6 is 11.3 Å². The predicted octanol–water partition coefficient (Wildman–Crippen LogP) is 3.09. The van der Waals surface area contributed by atoms with Gasteiger partial charge in [0, 0.05) is 18.0 Å². The fourth-order valence-corrected chi connectivity index (χ4v) is 3.18. The van der Waals surface area contributed by atoms with Gasteiger partial charge >= 0.3 is 5.97 Å². The summed E-state index contributed by atoms with van der Waals surface area (Å²) in [5.41, 5.74) is 7.51. The molecule has 2 rings (SSSR count). The minimum Gasteiger partial charge on any atom is -0.462 e. The van der Waals surface area contributed by atoms with Gasteiger partial charge in [-0.3, -0.25) is 0 Å². The van der Waals surface area contributed by atoms with Crippen LogP contribution in [-0.4, -0.2) is 22.5 Å². The van der Waals surface area contributed by atoms with Crippen LogP contribution in [0.5, 0.6) is 0 Å². The molecule has 0 atom stereocenters. The smallest absolute Gasteiger partial charge is 0.350 e. The number of nitrogen functional groups attached to an aromatic ring is 1. The van der Waals surface area contributed by atoms with Crippen molar-refractivity contribution in [3.05, 3.63) is 28.9 Å². The van der Waals surface area contributed by atoms with Crippen molar-refractivity contribution < 1.29 is 9.53 Å². The van der Waals surface area contributed by atoms with Crippen LogP contribution in [0.25, 0.3) is 10.7 Å². The summed E-state index contributed by atoms with van der Waals surface area (Å²) in [4.78, 5) is 21.7. The van der Waals surface area contributed by atoms with Crippen molar-refractivity contribution in [1.82, 2.24) is 9.97 Å². The first-order valence-corrected chi connectivity index (χ1v) is 7.24. The third-order valence-electron chi connectivity index (χ3n) is 2.79. The van der Waals surface area contributed by atoms with E-state index in [-0.39, 0.29) is 11.9 Å². The molecule has 6 heteroatoms. The fourth-order valence-electron chi connectivity index (χ4n) is 1.96. The fraction of sp³-hybridized carbons (Fsp3) is 0.357. The first-order chi connectivity index (χ1) is 9.56. The van der Waals surface area contributed by atoms with Gasteiger partial charge in [0.15, 0.2) is 5.82 Å². The van der Waals surface area contributed by atoms with Gasteiger partial charge in [-0.15, -0.1) is 11.3 Å². The van der Waals surface area contributed by atoms with Gasteiger partial charge in [-0.05, 0) is 18.9 Å². The number of nitrogens with two attached hydrogens (primary N) is 1. The highest BCUT2D eigenvalue weighted by Crippen LogP contribution is 2.41. The number of aromatic nitrogens is 2. The Kier molecular flexibility index (Phi) is 4.34. The van der Waals surface area contributed by atoms with Crippen molar-refractivity contribution in [1.29, 1.82) is 0 Å². The standard InChI is InChI=1S/C14H17N3O2S/c1-4-19-14(18)12-10(15)9(8(2)3)11(20-12)13-16-6-5-7-17-13/h5-8H,4,15H2,1-3H3. The molecule has 0 amide bonds. The van der Waals surface area contributed by atoms with Crippen LogP contribution in [0.2, 0.25) is 0 Å². The molecule has 5 nitrogen and oxygen atoms in total. The molecule has 0 bridgehead atoms. The summed E-state index contributed by atoms with van der Waals surface area (Å²) >= 11 is 1.29. The largest absolute Gasteiger partial charge is 0.462 e. The first-order valence-electron chi connectivity index (χ1n) is 6.42. The summed E-state index contributed by atoms with van der Waals surface area (Å²) < 4.78 is 5.04. The number of carbonyl (C=O) groups excluding carboxylic acids is 1. The van der Waals surface area contributed by atoms with E-state index < -0.39 is 0 Å². The quantitative estimate of drug-likeness (QED) is 0.876. The van der Waals surface area contributed by atoms with Crippen LogP contribution < -0.4 is 5.73 Å². The molecule has 0 radical (unpaired) electrons. The number of ether oxygens (including phenoxy) is 1. The molecule has 20 heavy (non-hydrogen) atoms. The lowest BCUT2D eigenvalue weighted by molar-refractivity contribution is 0.0533. The lowest BCUT2D eigenvalue weighted by Crippen LogP contribution is -2.06. The third-order valence-corrected chi connectivity index (χ3v) is 3.99. The molecular weight excluding hydrogens is 274 g/mol. The summed E-state index contributed by atoms with van der Waals surface area (Å²) in [5.74, 6) is 0.371. The maximum atomic E-state index is 12.0. The number of anilines is 1. The van der Waals surface area contributed by atoms with Crippen molar-refractivity contribution in [3.63, 3.8) is 0 Å². The van der Waals surface area contributed by atoms with E-state index in [1.54, 1.807) is 25.4 Å². The van der Waals surface area contributed by atoms with Gasteiger partial charge in [-0.25, -0.2) is 14.8 Å². The summed E-state index contributed by atoms with van der Waals surface area (Å²) in [7, 11) is 0. The van der Waals surface area contributed by atoms with E-state index >= 15 is 0 Å². The molecule has 0 unspecified atom stereocenters. The minimum absolute atomic E-state index is 0.174. The lowest BCUT2D eigenvalue weighted by atomic mass is 10.0. The molecule has 0 spiro atoms. The van der Waals surface area contributed by atoms with Gasteiger partial charge in [0.05, 0.1) is 17.2 Å². The maximum Gasteiger partial charge on any atom is 0.350 e. The maximum absolute atomic E-state index is 12.0. The van der Waals surface area contributed by atoms with E-state index in [1.807, 2.05) is 13.8 Å². The Morgan fingerprint density at radius 2 is 2.05 bits per heavy atom. The highest BCUT2D eigenvalue weighted by molar-refractivity contribution is 7.18. The van der Waals surface area contributed by atoms with E-state index in [4.69, 9.17) is 10.5 Å². The molecule has 2 aromatic heterocycles. The number of hydrogen-bond donors (Lipinski definition) is 1. The van der Waals surface area contributed by atoms with Crippen LogP contribution in [0.4, 0.5) is 5.69 Å². The molecule has 0 fully saturated rings. The second-order valence-corrected chi connectivity index (χ2v) is 5.56. The van der Waals surface area contributed by atoms with Crippen LogP contribution in [0.1, 0.15) is 41.9 Å². The minimum atomic E-state index is -0.390. The van der Waals surface area contributed by atoms with Crippen LogP contribution in [0.15, 0.2) is 18.5 Å². The van der Waals surface area contributed by atoms with Crippen molar-refractivity contribution in [2.24, 2.45) is 0 Å². The van der Waals surface area contributed by atoms with Crippen molar-refractivity contribution >= 4 is 23.0 Å². The predicted molar refractivity (Wildman–Crippen MR) is 79.8 cm³/mol.